The zero-order valence-electron chi connectivity index (χ0n) is 17.6. The van der Waals surface area contributed by atoms with Gasteiger partial charge in [-0.1, -0.05) is 66.7 Å². The van der Waals surface area contributed by atoms with Crippen LogP contribution in [-0.4, -0.2) is 17.0 Å². The predicted octanol–water partition coefficient (Wildman–Crippen LogP) is 7.15. The van der Waals surface area contributed by atoms with Crippen LogP contribution in [0.15, 0.2) is 96.1 Å². The molecule has 0 saturated heterocycles. The monoisotopic (exact) mass is 412 g/mol. The Morgan fingerprint density at radius 3 is 2.28 bits per heavy atom. The van der Waals surface area contributed by atoms with Crippen molar-refractivity contribution in [2.45, 2.75) is 6.92 Å². The highest BCUT2D eigenvalue weighted by atomic mass is 16.1. The summed E-state index contributed by atoms with van der Waals surface area (Å²) in [5.74, 6) is 0.0659. The first-order valence-electron chi connectivity index (χ1n) is 10.7. The second kappa shape index (κ2) is 7.17. The maximum absolute atomic E-state index is 12.6. The van der Waals surface area contributed by atoms with Gasteiger partial charge in [0.25, 0.3) is 0 Å². The number of Topliss-reactive ketones (excluding diaryl/α,β-unsaturated/α-hetero) is 1. The molecule has 0 saturated carbocycles. The Kier molecular flexibility index (Phi) is 4.15. The number of aromatic nitrogens is 1. The number of aliphatic imine (C=N–C) groups is 1. The lowest BCUT2D eigenvalue weighted by molar-refractivity contribution is 0.101. The van der Waals surface area contributed by atoms with Crippen LogP contribution in [0.4, 0.5) is 5.69 Å². The Morgan fingerprint density at radius 1 is 0.750 bits per heavy atom. The molecule has 3 aliphatic rings. The van der Waals surface area contributed by atoms with Crippen molar-refractivity contribution < 1.29 is 4.79 Å². The third-order valence-electron chi connectivity index (χ3n) is 6.21. The minimum atomic E-state index is 0.0659. The molecular formula is C29H20N2O. The second-order valence-corrected chi connectivity index (χ2v) is 8.08. The summed E-state index contributed by atoms with van der Waals surface area (Å²) in [5, 5.41) is 1.15. The predicted molar refractivity (Wildman–Crippen MR) is 132 cm³/mol. The average molecular weight is 412 g/mol. The number of hydrogen-bond donors (Lipinski definition) is 1. The van der Waals surface area contributed by atoms with E-state index in [1.807, 2.05) is 60.8 Å². The SMILES string of the molecule is CC(=O)c1cc(/C(=C2\C=Nc3ccccc32)c2c[nH]c3ccccc23)c2cccccc1-2. The molecule has 1 aromatic heterocycles. The van der Waals surface area contributed by atoms with E-state index in [9.17, 15) is 4.79 Å². The number of carbonyl (C=O) groups excluding carboxylic acids is 1. The number of carbonyl (C=O) groups is 1. The first-order chi connectivity index (χ1) is 15.7. The van der Waals surface area contributed by atoms with E-state index in [1.165, 1.54) is 0 Å². The first kappa shape index (κ1) is 18.5. The second-order valence-electron chi connectivity index (χ2n) is 8.08. The molecule has 0 atom stereocenters. The fourth-order valence-electron chi connectivity index (χ4n) is 4.75. The normalized spacial score (nSPS) is 14.2. The summed E-state index contributed by atoms with van der Waals surface area (Å²) in [4.78, 5) is 20.7. The number of ketones is 1. The molecular weight excluding hydrogens is 392 g/mol. The van der Waals surface area contributed by atoms with E-state index < -0.39 is 0 Å². The highest BCUT2D eigenvalue weighted by molar-refractivity contribution is 6.29. The molecule has 32 heavy (non-hydrogen) atoms. The van der Waals surface area contributed by atoms with Crippen LogP contribution in [0, 0.1) is 0 Å². The van der Waals surface area contributed by atoms with Crippen molar-refractivity contribution in [1.29, 1.82) is 0 Å². The molecule has 0 unspecified atom stereocenters. The van der Waals surface area contributed by atoms with E-state index >= 15 is 0 Å². The number of hydrogen-bond acceptors (Lipinski definition) is 2. The van der Waals surface area contributed by atoms with E-state index in [1.54, 1.807) is 6.92 Å². The number of H-pyrrole nitrogens is 1. The van der Waals surface area contributed by atoms with Gasteiger partial charge in [-0.3, -0.25) is 9.79 Å². The molecule has 6 rings (SSSR count). The summed E-state index contributed by atoms with van der Waals surface area (Å²) in [5.41, 5.74) is 10.2. The maximum atomic E-state index is 12.6. The molecule has 0 spiro atoms. The van der Waals surface area contributed by atoms with Crippen LogP contribution >= 0.6 is 0 Å². The van der Waals surface area contributed by atoms with Gasteiger partial charge in [0.2, 0.25) is 0 Å². The molecule has 1 aliphatic heterocycles. The van der Waals surface area contributed by atoms with E-state index in [0.717, 1.165) is 61.1 Å². The topological polar surface area (TPSA) is 45.2 Å². The van der Waals surface area contributed by atoms with Gasteiger partial charge in [0, 0.05) is 51.2 Å². The molecule has 0 amide bonds. The van der Waals surface area contributed by atoms with Gasteiger partial charge < -0.3 is 4.98 Å². The third kappa shape index (κ3) is 2.75. The van der Waals surface area contributed by atoms with Gasteiger partial charge in [-0.2, -0.15) is 0 Å². The quantitative estimate of drug-likeness (QED) is 0.314. The zero-order valence-corrected chi connectivity index (χ0v) is 17.6. The molecule has 2 aromatic carbocycles. The molecule has 0 radical (unpaired) electrons. The van der Waals surface area contributed by atoms with Crippen LogP contribution in [0.2, 0.25) is 0 Å². The van der Waals surface area contributed by atoms with E-state index in [4.69, 9.17) is 4.99 Å². The summed E-state index contributed by atoms with van der Waals surface area (Å²) in [7, 11) is 0. The Labute approximate surface area is 186 Å². The summed E-state index contributed by atoms with van der Waals surface area (Å²) in [6.45, 7) is 1.64. The maximum Gasteiger partial charge on any atom is 0.160 e. The molecule has 0 bridgehead atoms. The Morgan fingerprint density at radius 2 is 1.44 bits per heavy atom. The van der Waals surface area contributed by atoms with Gasteiger partial charge in [0.1, 0.15) is 0 Å². The van der Waals surface area contributed by atoms with Crippen molar-refractivity contribution in [3.05, 3.63) is 113 Å². The van der Waals surface area contributed by atoms with Gasteiger partial charge in [-0.15, -0.1) is 0 Å². The first-order valence-corrected chi connectivity index (χ1v) is 10.7. The molecule has 1 N–H and O–H groups in total. The highest BCUT2D eigenvalue weighted by Gasteiger charge is 2.26. The van der Waals surface area contributed by atoms with Crippen molar-refractivity contribution in [3.8, 4) is 11.1 Å². The molecule has 152 valence electrons. The minimum absolute atomic E-state index is 0.0659. The van der Waals surface area contributed by atoms with Crippen LogP contribution in [0.25, 0.3) is 33.2 Å². The highest BCUT2D eigenvalue weighted by Crippen LogP contribution is 2.45. The number of rotatable bonds is 3. The summed E-state index contributed by atoms with van der Waals surface area (Å²) >= 11 is 0. The minimum Gasteiger partial charge on any atom is -0.361 e. The van der Waals surface area contributed by atoms with E-state index in [2.05, 4.69) is 41.5 Å². The number of fused-ring (bicyclic) bond motifs is 3. The van der Waals surface area contributed by atoms with Crippen LogP contribution in [0.1, 0.15) is 34.0 Å². The van der Waals surface area contributed by atoms with Crippen molar-refractivity contribution in [1.82, 2.24) is 4.98 Å². The summed E-state index contributed by atoms with van der Waals surface area (Å²) in [6, 6.07) is 28.7. The number of aromatic amines is 1. The lowest BCUT2D eigenvalue weighted by Gasteiger charge is -2.12. The molecule has 2 aliphatic carbocycles. The van der Waals surface area contributed by atoms with Gasteiger partial charge in [-0.25, -0.2) is 0 Å². The fraction of sp³-hybridized carbons (Fsp3) is 0.0345. The van der Waals surface area contributed by atoms with Crippen LogP contribution in [0.3, 0.4) is 0 Å². The lowest BCUT2D eigenvalue weighted by atomic mass is 9.89. The van der Waals surface area contributed by atoms with Gasteiger partial charge in [0.05, 0.1) is 5.69 Å². The fourth-order valence-corrected chi connectivity index (χ4v) is 4.75. The number of nitrogens with zero attached hydrogens (tertiary/aromatic N) is 1. The third-order valence-corrected chi connectivity index (χ3v) is 6.21. The van der Waals surface area contributed by atoms with Crippen molar-refractivity contribution >= 4 is 39.7 Å². The lowest BCUT2D eigenvalue weighted by Crippen LogP contribution is -1.93. The van der Waals surface area contributed by atoms with Crippen molar-refractivity contribution in [2.75, 3.05) is 0 Å². The van der Waals surface area contributed by atoms with Gasteiger partial charge >= 0.3 is 0 Å². The Bertz CT molecular complexity index is 1550. The summed E-state index contributed by atoms with van der Waals surface area (Å²) < 4.78 is 0. The van der Waals surface area contributed by atoms with E-state index in [-0.39, 0.29) is 5.78 Å². The standard InChI is InChI=1S/C29H20N2O/c1-18(32)23-15-24(20-10-4-2-3-9-19(20)23)29(25-16-30-27-13-7-5-11-21(25)27)26-17-31-28-14-8-6-12-22(26)28/h2-17,30H,1H3/b29-26-. The number of benzene rings is 2. The van der Waals surface area contributed by atoms with Gasteiger partial charge in [0.15, 0.2) is 5.78 Å². The molecule has 2 heterocycles. The average Bonchev–Trinajstić information content (AvgIpc) is 3.47. The number of para-hydroxylation sites is 2. The zero-order chi connectivity index (χ0) is 21.7. The van der Waals surface area contributed by atoms with Crippen molar-refractivity contribution in [2.24, 2.45) is 4.99 Å². The van der Waals surface area contributed by atoms with Crippen LogP contribution in [0.5, 0.6) is 0 Å². The Balaban J connectivity index is 1.75. The van der Waals surface area contributed by atoms with E-state index in [0.29, 0.717) is 0 Å². The molecule has 3 nitrogen and oxygen atoms in total. The van der Waals surface area contributed by atoms with Crippen LogP contribution < -0.4 is 0 Å². The van der Waals surface area contributed by atoms with Crippen LogP contribution in [-0.2, 0) is 0 Å². The molecule has 3 aromatic rings. The number of allylic oxidation sites excluding steroid dienone is 1. The smallest absolute Gasteiger partial charge is 0.160 e. The largest absolute Gasteiger partial charge is 0.361 e. The summed E-state index contributed by atoms with van der Waals surface area (Å²) in [6.07, 6.45) is 4.02. The number of nitrogens with one attached hydrogen (secondary N) is 1. The van der Waals surface area contributed by atoms with Gasteiger partial charge in [-0.05, 0) is 41.8 Å². The van der Waals surface area contributed by atoms with Crippen molar-refractivity contribution in [3.63, 3.8) is 0 Å². The Hall–Kier alpha value is -4.24. The molecule has 0 fully saturated rings. The molecule has 3 heteroatoms.